The maximum atomic E-state index is 12.6. The number of piperidine rings is 1. The van der Waals surface area contributed by atoms with Crippen molar-refractivity contribution in [2.24, 2.45) is 5.92 Å². The van der Waals surface area contributed by atoms with Gasteiger partial charge in [0.25, 0.3) is 5.56 Å². The van der Waals surface area contributed by atoms with Crippen molar-refractivity contribution in [2.45, 2.75) is 31.8 Å². The molecule has 0 radical (unpaired) electrons. The number of quaternary nitrogens is 1. The molecule has 1 saturated heterocycles. The van der Waals surface area contributed by atoms with Crippen molar-refractivity contribution in [1.82, 2.24) is 4.57 Å². The molecule has 0 amide bonds. The largest absolute Gasteiger partial charge is 0.573 e. The Kier molecular flexibility index (Phi) is 5.14. The van der Waals surface area contributed by atoms with E-state index in [9.17, 15) is 18.0 Å². The Labute approximate surface area is 181 Å². The Morgan fingerprint density at radius 3 is 2.61 bits per heavy atom. The van der Waals surface area contributed by atoms with Crippen molar-refractivity contribution in [3.05, 3.63) is 74.8 Å². The van der Waals surface area contributed by atoms with E-state index in [1.54, 1.807) is 29.5 Å². The smallest absolute Gasteiger partial charge is 0.406 e. The zero-order valence-corrected chi connectivity index (χ0v) is 17.5. The third-order valence-electron chi connectivity index (χ3n) is 6.19. The molecule has 0 spiro atoms. The number of aromatic nitrogens is 1. The lowest BCUT2D eigenvalue weighted by Gasteiger charge is -2.41. The first-order chi connectivity index (χ1) is 14.9. The van der Waals surface area contributed by atoms with Gasteiger partial charge in [0.05, 0.1) is 18.0 Å². The molecule has 4 heterocycles. The summed E-state index contributed by atoms with van der Waals surface area (Å²) in [7, 11) is 0. The highest BCUT2D eigenvalue weighted by Crippen LogP contribution is 2.37. The Morgan fingerprint density at radius 2 is 1.90 bits per heavy atom. The van der Waals surface area contributed by atoms with Gasteiger partial charge in [-0.1, -0.05) is 18.2 Å². The van der Waals surface area contributed by atoms with Gasteiger partial charge in [-0.15, -0.1) is 24.5 Å². The number of nitrogens with zero attached hydrogens (tertiary/aromatic N) is 1. The van der Waals surface area contributed by atoms with Crippen molar-refractivity contribution in [3.63, 3.8) is 0 Å². The van der Waals surface area contributed by atoms with Crippen LogP contribution < -0.4 is 15.2 Å². The maximum absolute atomic E-state index is 12.6. The molecule has 2 aromatic heterocycles. The number of pyridine rings is 1. The zero-order valence-electron chi connectivity index (χ0n) is 16.7. The molecule has 1 aromatic carbocycles. The normalized spacial score (nSPS) is 22.7. The van der Waals surface area contributed by atoms with Crippen LogP contribution in [0.5, 0.6) is 5.75 Å². The van der Waals surface area contributed by atoms with E-state index in [1.807, 2.05) is 10.6 Å². The molecule has 4 nitrogen and oxygen atoms in total. The van der Waals surface area contributed by atoms with Crippen LogP contribution >= 0.6 is 11.3 Å². The van der Waals surface area contributed by atoms with E-state index in [-0.39, 0.29) is 17.2 Å². The van der Waals surface area contributed by atoms with Crippen molar-refractivity contribution in [2.75, 3.05) is 13.1 Å². The summed E-state index contributed by atoms with van der Waals surface area (Å²) in [5, 5.41) is 2.10. The highest BCUT2D eigenvalue weighted by molar-refractivity contribution is 7.09. The van der Waals surface area contributed by atoms with Gasteiger partial charge in [0.15, 0.2) is 0 Å². The molecule has 1 fully saturated rings. The molecule has 3 aromatic rings. The minimum atomic E-state index is -4.72. The van der Waals surface area contributed by atoms with E-state index >= 15 is 0 Å². The Bertz CT molecular complexity index is 1120. The van der Waals surface area contributed by atoms with E-state index < -0.39 is 6.36 Å². The van der Waals surface area contributed by atoms with Crippen LogP contribution in [0.15, 0.2) is 58.7 Å². The first-order valence-corrected chi connectivity index (χ1v) is 11.2. The monoisotopic (exact) mass is 447 g/mol. The van der Waals surface area contributed by atoms with Crippen molar-refractivity contribution in [3.8, 4) is 16.9 Å². The predicted molar refractivity (Wildman–Crippen MR) is 112 cm³/mol. The average Bonchev–Trinajstić information content (AvgIpc) is 3.21. The van der Waals surface area contributed by atoms with Gasteiger partial charge < -0.3 is 14.2 Å². The van der Waals surface area contributed by atoms with Crippen LogP contribution in [0.25, 0.3) is 11.1 Å². The Balaban J connectivity index is 1.47. The van der Waals surface area contributed by atoms with Crippen LogP contribution in [0.3, 0.4) is 0 Å². The fraction of sp³-hybridized carbons (Fsp3) is 0.348. The molecule has 31 heavy (non-hydrogen) atoms. The van der Waals surface area contributed by atoms with Gasteiger partial charge >= 0.3 is 6.36 Å². The van der Waals surface area contributed by atoms with Crippen molar-refractivity contribution in [1.29, 1.82) is 0 Å². The number of fused-ring (bicyclic) bond motifs is 4. The third-order valence-corrected chi connectivity index (χ3v) is 7.06. The number of alkyl halides is 3. The van der Waals surface area contributed by atoms with Crippen molar-refractivity contribution >= 4 is 11.3 Å². The van der Waals surface area contributed by atoms with Gasteiger partial charge in [0.2, 0.25) is 0 Å². The highest BCUT2D eigenvalue weighted by Gasteiger charge is 2.39. The summed E-state index contributed by atoms with van der Waals surface area (Å²) in [5.74, 6) is 0.455. The molecule has 2 bridgehead atoms. The number of ether oxygens (including phenoxy) is 1. The maximum Gasteiger partial charge on any atom is 0.573 e. The number of nitrogens with one attached hydrogen (secondary N) is 1. The minimum absolute atomic E-state index is 0.00724. The number of hydrogen-bond donors (Lipinski definition) is 1. The van der Waals surface area contributed by atoms with Gasteiger partial charge in [-0.3, -0.25) is 4.79 Å². The van der Waals surface area contributed by atoms with Crippen LogP contribution in [0.4, 0.5) is 13.2 Å². The Morgan fingerprint density at radius 1 is 1.10 bits per heavy atom. The molecular formula is C23H22F3N2O2S+. The minimum Gasteiger partial charge on any atom is -0.406 e. The van der Waals surface area contributed by atoms with Crippen LogP contribution in [-0.4, -0.2) is 24.0 Å². The molecule has 0 saturated carbocycles. The average molecular weight is 448 g/mol. The van der Waals surface area contributed by atoms with Gasteiger partial charge in [-0.25, -0.2) is 0 Å². The van der Waals surface area contributed by atoms with Gasteiger partial charge in [0.1, 0.15) is 12.3 Å². The van der Waals surface area contributed by atoms with Crippen LogP contribution in [0.1, 0.15) is 22.9 Å². The lowest BCUT2D eigenvalue weighted by molar-refractivity contribution is -0.924. The molecule has 2 aliphatic heterocycles. The summed E-state index contributed by atoms with van der Waals surface area (Å²) >= 11 is 1.77. The molecular weight excluding hydrogens is 425 g/mol. The number of halogens is 3. The molecule has 8 heteroatoms. The summed E-state index contributed by atoms with van der Waals surface area (Å²) in [6.07, 6.45) is -3.67. The van der Waals surface area contributed by atoms with E-state index in [4.69, 9.17) is 0 Å². The summed E-state index contributed by atoms with van der Waals surface area (Å²) in [6.45, 7) is 3.68. The standard InChI is InChI=1S/C23H21F3N2O2S/c24-23(25,26)30-18-5-3-16(4-6-18)20-7-8-21(29)28-12-15-10-17(22(20)28)13-27(11-15)14-19-2-1-9-31-19/h1-9,15,17H,10-14H2/p+1/t15-,17+/m0/s1. The molecule has 2 aliphatic rings. The number of thiophene rings is 1. The first kappa shape index (κ1) is 20.3. The lowest BCUT2D eigenvalue weighted by atomic mass is 9.80. The quantitative estimate of drug-likeness (QED) is 0.663. The number of hydrogen-bond acceptors (Lipinski definition) is 3. The van der Waals surface area contributed by atoms with Gasteiger partial charge in [-0.05, 0) is 41.6 Å². The second kappa shape index (κ2) is 7.84. The Hall–Kier alpha value is -2.58. The molecule has 3 atom stereocenters. The SMILES string of the molecule is O=c1ccc(-c2ccc(OC(F)(F)F)cc2)c2n1C[C@H]1C[C@@H]2C[NH+](Cc2cccs2)C1. The summed E-state index contributed by atoms with van der Waals surface area (Å²) in [6, 6.07) is 13.5. The van der Waals surface area contributed by atoms with E-state index in [0.29, 0.717) is 12.5 Å². The molecule has 0 aliphatic carbocycles. The fourth-order valence-corrected chi connectivity index (χ4v) is 5.90. The molecule has 162 valence electrons. The number of benzene rings is 1. The zero-order chi connectivity index (χ0) is 21.6. The molecule has 5 rings (SSSR count). The predicted octanol–water partition coefficient (Wildman–Crippen LogP) is 3.68. The summed E-state index contributed by atoms with van der Waals surface area (Å²) in [4.78, 5) is 15.5. The fourth-order valence-electron chi connectivity index (χ4n) is 5.12. The summed E-state index contributed by atoms with van der Waals surface area (Å²) < 4.78 is 43.3. The van der Waals surface area contributed by atoms with Crippen LogP contribution in [0, 0.1) is 5.92 Å². The number of likely N-dealkylation sites (tertiary alicyclic amines) is 1. The first-order valence-electron chi connectivity index (χ1n) is 10.3. The van der Waals surface area contributed by atoms with E-state index in [2.05, 4.69) is 22.2 Å². The number of rotatable bonds is 4. The molecule has 1 unspecified atom stereocenters. The van der Waals surface area contributed by atoms with Crippen LogP contribution in [0.2, 0.25) is 0 Å². The van der Waals surface area contributed by atoms with E-state index in [0.717, 1.165) is 42.9 Å². The third kappa shape index (κ3) is 4.27. The highest BCUT2D eigenvalue weighted by atomic mass is 32.1. The van der Waals surface area contributed by atoms with Crippen molar-refractivity contribution < 1.29 is 22.8 Å². The van der Waals surface area contributed by atoms with Crippen LogP contribution in [-0.2, 0) is 13.1 Å². The van der Waals surface area contributed by atoms with E-state index in [1.165, 1.54) is 21.9 Å². The topological polar surface area (TPSA) is 35.7 Å². The van der Waals surface area contributed by atoms with Gasteiger partial charge in [-0.2, -0.15) is 0 Å². The van der Waals surface area contributed by atoms with Gasteiger partial charge in [0, 0.05) is 35.7 Å². The second-order valence-corrected chi connectivity index (χ2v) is 9.40. The second-order valence-electron chi connectivity index (χ2n) is 8.37. The lowest BCUT2D eigenvalue weighted by Crippen LogP contribution is -3.13. The summed E-state index contributed by atoms with van der Waals surface area (Å²) in [5.41, 5.74) is 2.71. The molecule has 1 N–H and O–H groups in total.